The Labute approximate surface area is 115 Å². The second-order valence-electron chi connectivity index (χ2n) is 5.09. The minimum atomic E-state index is -3.73. The van der Waals surface area contributed by atoms with Crippen molar-refractivity contribution in [1.29, 1.82) is 0 Å². The Hall–Kier alpha value is -0.920. The van der Waals surface area contributed by atoms with Crippen LogP contribution in [0.2, 0.25) is 0 Å². The second-order valence-corrected chi connectivity index (χ2v) is 8.79. The van der Waals surface area contributed by atoms with Crippen LogP contribution in [0.3, 0.4) is 0 Å². The van der Waals surface area contributed by atoms with E-state index in [1.807, 2.05) is 6.92 Å². The quantitative estimate of drug-likeness (QED) is 0.895. The molecule has 0 saturated carbocycles. The molecule has 1 rings (SSSR count). The highest BCUT2D eigenvalue weighted by Crippen LogP contribution is 2.18. The molecule has 0 aromatic heterocycles. The lowest BCUT2D eigenvalue weighted by Crippen LogP contribution is -2.42. The molecule has 7 heteroatoms. The van der Waals surface area contributed by atoms with E-state index in [0.717, 1.165) is 6.26 Å². The molecule has 0 aliphatic heterocycles. The molecule has 1 aromatic rings. The molecule has 0 amide bonds. The third-order valence-electron chi connectivity index (χ3n) is 2.84. The maximum atomic E-state index is 12.2. The van der Waals surface area contributed by atoms with Crippen LogP contribution >= 0.6 is 0 Å². The maximum Gasteiger partial charge on any atom is 0.241 e. The van der Waals surface area contributed by atoms with Gasteiger partial charge in [0.15, 0.2) is 9.84 Å². The highest BCUT2D eigenvalue weighted by atomic mass is 32.2. The molecule has 0 saturated heterocycles. The molecule has 0 atom stereocenters. The highest BCUT2D eigenvalue weighted by molar-refractivity contribution is 7.91. The predicted octanol–water partition coefficient (Wildman–Crippen LogP) is 1.56. The van der Waals surface area contributed by atoms with Crippen molar-refractivity contribution in [1.82, 2.24) is 4.72 Å². The van der Waals surface area contributed by atoms with Crippen LogP contribution in [0, 0.1) is 0 Å². The summed E-state index contributed by atoms with van der Waals surface area (Å²) in [6.45, 7) is 5.41. The molecule has 5 nitrogen and oxygen atoms in total. The summed E-state index contributed by atoms with van der Waals surface area (Å²) in [6.07, 6.45) is 1.67. The van der Waals surface area contributed by atoms with Crippen LogP contribution in [-0.2, 0) is 19.9 Å². The van der Waals surface area contributed by atoms with Gasteiger partial charge in [0, 0.05) is 11.8 Å². The Morgan fingerprint density at radius 2 is 1.63 bits per heavy atom. The highest BCUT2D eigenvalue weighted by Gasteiger charge is 2.25. The van der Waals surface area contributed by atoms with Crippen molar-refractivity contribution in [2.45, 2.75) is 42.5 Å². The van der Waals surface area contributed by atoms with E-state index in [0.29, 0.717) is 6.42 Å². The average Bonchev–Trinajstić information content (AvgIpc) is 2.27. The summed E-state index contributed by atoms with van der Waals surface area (Å²) in [5, 5.41) is 0. The summed E-state index contributed by atoms with van der Waals surface area (Å²) >= 11 is 0. The first kappa shape index (κ1) is 16.1. The fourth-order valence-corrected chi connectivity index (χ4v) is 3.64. The van der Waals surface area contributed by atoms with Gasteiger partial charge in [-0.1, -0.05) is 13.0 Å². The molecule has 0 fully saturated rings. The Bertz CT molecular complexity index is 661. The van der Waals surface area contributed by atoms with Crippen LogP contribution in [0.15, 0.2) is 34.1 Å². The molecule has 108 valence electrons. The summed E-state index contributed by atoms with van der Waals surface area (Å²) in [7, 11) is -7.15. The first-order chi connectivity index (χ1) is 8.48. The van der Waals surface area contributed by atoms with Gasteiger partial charge in [0.25, 0.3) is 0 Å². The summed E-state index contributed by atoms with van der Waals surface area (Å²) in [4.78, 5) is -0.0540. The van der Waals surface area contributed by atoms with E-state index in [2.05, 4.69) is 4.72 Å². The maximum absolute atomic E-state index is 12.2. The lowest BCUT2D eigenvalue weighted by Gasteiger charge is -2.24. The lowest BCUT2D eigenvalue weighted by atomic mass is 10.0. The molecular weight excluding hydrogens is 286 g/mol. The smallest absolute Gasteiger partial charge is 0.224 e. The van der Waals surface area contributed by atoms with Gasteiger partial charge < -0.3 is 0 Å². The van der Waals surface area contributed by atoms with Crippen LogP contribution in [0.25, 0.3) is 0 Å². The third kappa shape index (κ3) is 4.29. The molecular formula is C12H19NO4S2. The third-order valence-corrected chi connectivity index (χ3v) is 5.64. The average molecular weight is 305 g/mol. The Morgan fingerprint density at radius 1 is 1.11 bits per heavy atom. The van der Waals surface area contributed by atoms with Crippen molar-refractivity contribution in [3.63, 3.8) is 0 Å². The zero-order valence-electron chi connectivity index (χ0n) is 11.5. The Kier molecular flexibility index (Phi) is 4.44. The van der Waals surface area contributed by atoms with Crippen molar-refractivity contribution < 1.29 is 16.8 Å². The molecule has 0 unspecified atom stereocenters. The summed E-state index contributed by atoms with van der Waals surface area (Å²) in [5.74, 6) is 0. The van der Waals surface area contributed by atoms with Crippen LogP contribution in [-0.4, -0.2) is 28.6 Å². The summed E-state index contributed by atoms with van der Waals surface area (Å²) in [6, 6.07) is 5.34. The number of sulfone groups is 1. The molecule has 0 aliphatic carbocycles. The number of sulfonamides is 1. The number of rotatable bonds is 5. The van der Waals surface area contributed by atoms with Crippen LogP contribution in [0.5, 0.6) is 0 Å². The first-order valence-electron chi connectivity index (χ1n) is 5.82. The standard InChI is InChI=1S/C12H19NO4S2/c1-5-12(2,3)13-19(16,17)11-8-6-7-10(9-11)18(4,14)15/h6-9,13H,5H2,1-4H3. The molecule has 0 radical (unpaired) electrons. The van der Waals surface area contributed by atoms with Crippen LogP contribution < -0.4 is 4.72 Å². The number of nitrogens with one attached hydrogen (secondary N) is 1. The van der Waals surface area contributed by atoms with E-state index in [-0.39, 0.29) is 9.79 Å². The molecule has 0 aliphatic rings. The van der Waals surface area contributed by atoms with Crippen molar-refractivity contribution >= 4 is 19.9 Å². The van der Waals surface area contributed by atoms with E-state index in [1.165, 1.54) is 24.3 Å². The number of benzene rings is 1. The monoisotopic (exact) mass is 305 g/mol. The SMILES string of the molecule is CCC(C)(C)NS(=O)(=O)c1cccc(S(C)(=O)=O)c1. The van der Waals surface area contributed by atoms with E-state index < -0.39 is 25.4 Å². The zero-order valence-corrected chi connectivity index (χ0v) is 13.1. The van der Waals surface area contributed by atoms with Gasteiger partial charge in [0.1, 0.15) is 0 Å². The van der Waals surface area contributed by atoms with Gasteiger partial charge in [-0.2, -0.15) is 0 Å². The summed E-state index contributed by atoms with van der Waals surface area (Å²) < 4.78 is 49.8. The minimum Gasteiger partial charge on any atom is -0.224 e. The van der Waals surface area contributed by atoms with Crippen molar-refractivity contribution in [2.75, 3.05) is 6.26 Å². The van der Waals surface area contributed by atoms with Crippen molar-refractivity contribution in [2.24, 2.45) is 0 Å². The lowest BCUT2D eigenvalue weighted by molar-refractivity contribution is 0.439. The first-order valence-corrected chi connectivity index (χ1v) is 9.19. The molecule has 0 bridgehead atoms. The normalized spacial score (nSPS) is 13.5. The van der Waals surface area contributed by atoms with Gasteiger partial charge >= 0.3 is 0 Å². The van der Waals surface area contributed by atoms with Crippen molar-refractivity contribution in [3.05, 3.63) is 24.3 Å². The van der Waals surface area contributed by atoms with Gasteiger partial charge in [-0.3, -0.25) is 0 Å². The second kappa shape index (κ2) is 5.22. The van der Waals surface area contributed by atoms with Crippen LogP contribution in [0.1, 0.15) is 27.2 Å². The topological polar surface area (TPSA) is 80.3 Å². The Balaban J connectivity index is 3.24. The van der Waals surface area contributed by atoms with Gasteiger partial charge in [-0.25, -0.2) is 21.6 Å². The van der Waals surface area contributed by atoms with Crippen LogP contribution in [0.4, 0.5) is 0 Å². The molecule has 0 spiro atoms. The number of hydrogen-bond donors (Lipinski definition) is 1. The molecule has 1 N–H and O–H groups in total. The molecule has 1 aromatic carbocycles. The van der Waals surface area contributed by atoms with Gasteiger partial charge in [-0.15, -0.1) is 0 Å². The molecule has 19 heavy (non-hydrogen) atoms. The minimum absolute atomic E-state index is 0.00956. The fourth-order valence-electron chi connectivity index (χ4n) is 1.37. The zero-order chi connectivity index (χ0) is 14.9. The van der Waals surface area contributed by atoms with E-state index in [9.17, 15) is 16.8 Å². The van der Waals surface area contributed by atoms with Crippen molar-refractivity contribution in [3.8, 4) is 0 Å². The van der Waals surface area contributed by atoms with E-state index in [4.69, 9.17) is 0 Å². The van der Waals surface area contributed by atoms with E-state index in [1.54, 1.807) is 13.8 Å². The van der Waals surface area contributed by atoms with Gasteiger partial charge in [0.05, 0.1) is 9.79 Å². The van der Waals surface area contributed by atoms with E-state index >= 15 is 0 Å². The summed E-state index contributed by atoms with van der Waals surface area (Å²) in [5.41, 5.74) is -0.583. The predicted molar refractivity (Wildman–Crippen MR) is 74.2 cm³/mol. The van der Waals surface area contributed by atoms with Gasteiger partial charge in [-0.05, 0) is 38.5 Å². The largest absolute Gasteiger partial charge is 0.241 e. The Morgan fingerprint density at radius 3 is 2.11 bits per heavy atom. The molecule has 0 heterocycles. The fraction of sp³-hybridized carbons (Fsp3) is 0.500. The van der Waals surface area contributed by atoms with Gasteiger partial charge in [0.2, 0.25) is 10.0 Å². The number of hydrogen-bond acceptors (Lipinski definition) is 4.